The Kier molecular flexibility index (Phi) is 8.77. The first-order valence-corrected chi connectivity index (χ1v) is 16.0. The van der Waals surface area contributed by atoms with Gasteiger partial charge >= 0.3 is 5.91 Å². The third-order valence-electron chi connectivity index (χ3n) is 7.45. The number of carbonyl (C=O) groups is 2. The van der Waals surface area contributed by atoms with Crippen molar-refractivity contribution < 1.29 is 23.8 Å². The van der Waals surface area contributed by atoms with Crippen LogP contribution in [0.25, 0.3) is 5.76 Å². The summed E-state index contributed by atoms with van der Waals surface area (Å²) >= 11 is 2.41. The smallest absolute Gasteiger partial charge is 0.301 e. The summed E-state index contributed by atoms with van der Waals surface area (Å²) in [6.45, 7) is 4.11. The Morgan fingerprint density at radius 1 is 0.956 bits per heavy atom. The SMILES string of the molecule is Cc1ccc(C)c(/C(O)=C2\C(=O)C(=O)N(c3nnc(SCc4ccccc4F)s3)C2c2ccc(OCc3ccccc3)cc2)c1. The number of hydrogen-bond acceptors (Lipinski definition) is 8. The van der Waals surface area contributed by atoms with E-state index in [-0.39, 0.29) is 22.3 Å². The van der Waals surface area contributed by atoms with Gasteiger partial charge in [-0.1, -0.05) is 101 Å². The molecule has 4 aromatic carbocycles. The van der Waals surface area contributed by atoms with Gasteiger partial charge in [-0.25, -0.2) is 4.39 Å². The molecule has 0 aliphatic carbocycles. The van der Waals surface area contributed by atoms with Crippen molar-refractivity contribution in [1.82, 2.24) is 10.2 Å². The van der Waals surface area contributed by atoms with E-state index in [0.29, 0.717) is 39.1 Å². The quantitative estimate of drug-likeness (QED) is 0.0580. The van der Waals surface area contributed by atoms with Crippen molar-refractivity contribution in [3.05, 3.63) is 142 Å². The van der Waals surface area contributed by atoms with Crippen LogP contribution < -0.4 is 9.64 Å². The number of ether oxygens (including phenoxy) is 1. The Labute approximate surface area is 268 Å². The number of carbonyl (C=O) groups excluding carboxylic acids is 2. The molecule has 1 N–H and O–H groups in total. The van der Waals surface area contributed by atoms with Crippen LogP contribution in [0.15, 0.2) is 107 Å². The minimum atomic E-state index is -0.967. The number of halogens is 1. The lowest BCUT2D eigenvalue weighted by Crippen LogP contribution is -2.29. The van der Waals surface area contributed by atoms with E-state index in [2.05, 4.69) is 10.2 Å². The summed E-state index contributed by atoms with van der Waals surface area (Å²) in [6, 6.07) is 27.9. The van der Waals surface area contributed by atoms with Gasteiger partial charge in [-0.05, 0) is 60.4 Å². The fourth-order valence-corrected chi connectivity index (χ4v) is 6.94. The molecule has 1 atom stereocenters. The second-order valence-electron chi connectivity index (χ2n) is 10.6. The summed E-state index contributed by atoms with van der Waals surface area (Å²) in [5.74, 6) is -1.29. The molecule has 1 unspecified atom stereocenters. The Hall–Kier alpha value is -4.80. The highest BCUT2D eigenvalue weighted by atomic mass is 32.2. The molecular weight excluding hydrogens is 610 g/mol. The maximum absolute atomic E-state index is 14.2. The summed E-state index contributed by atoms with van der Waals surface area (Å²) in [7, 11) is 0. The highest BCUT2D eigenvalue weighted by Gasteiger charge is 2.48. The molecule has 7 nitrogen and oxygen atoms in total. The number of aliphatic hydroxyl groups excluding tert-OH is 1. The van der Waals surface area contributed by atoms with E-state index < -0.39 is 17.7 Å². The Balaban J connectivity index is 1.36. The molecule has 226 valence electrons. The predicted octanol–water partition coefficient (Wildman–Crippen LogP) is 7.79. The number of anilines is 1. The highest BCUT2D eigenvalue weighted by molar-refractivity contribution is 8.00. The van der Waals surface area contributed by atoms with Crippen molar-refractivity contribution in [2.75, 3.05) is 4.90 Å². The normalized spacial score (nSPS) is 15.9. The van der Waals surface area contributed by atoms with Crippen molar-refractivity contribution in [1.29, 1.82) is 0 Å². The Morgan fingerprint density at radius 2 is 1.69 bits per heavy atom. The van der Waals surface area contributed by atoms with Gasteiger partial charge in [0.15, 0.2) is 4.34 Å². The minimum absolute atomic E-state index is 0.0394. The standard InChI is InChI=1S/C35H28FN3O4S2/c1-21-12-13-22(2)27(18-21)31(40)29-30(24-14-16-26(17-15-24)43-19-23-8-4-3-5-9-23)39(33(42)32(29)41)34-37-38-35(45-34)44-20-25-10-6-7-11-28(25)36/h3-18,30,40H,19-20H2,1-2H3/b31-29+. The molecule has 1 aromatic heterocycles. The van der Waals surface area contributed by atoms with Crippen LogP contribution in [-0.2, 0) is 21.9 Å². The number of aryl methyl sites for hydroxylation is 2. The number of aliphatic hydroxyl groups is 1. The van der Waals surface area contributed by atoms with E-state index >= 15 is 0 Å². The molecule has 0 radical (unpaired) electrons. The number of amides is 1. The number of thioether (sulfide) groups is 1. The van der Waals surface area contributed by atoms with Gasteiger partial charge in [-0.15, -0.1) is 10.2 Å². The van der Waals surface area contributed by atoms with Crippen LogP contribution in [0.1, 0.15) is 39.4 Å². The average molecular weight is 638 g/mol. The lowest BCUT2D eigenvalue weighted by Gasteiger charge is -2.23. The topological polar surface area (TPSA) is 92.6 Å². The Bertz CT molecular complexity index is 1910. The van der Waals surface area contributed by atoms with Crippen molar-refractivity contribution in [3.8, 4) is 5.75 Å². The van der Waals surface area contributed by atoms with E-state index in [1.807, 2.05) is 56.3 Å². The van der Waals surface area contributed by atoms with Gasteiger partial charge in [0.2, 0.25) is 5.13 Å². The van der Waals surface area contributed by atoms with Crippen molar-refractivity contribution in [2.45, 2.75) is 36.6 Å². The average Bonchev–Trinajstić information content (AvgIpc) is 3.62. The molecule has 1 fully saturated rings. The number of hydrogen-bond donors (Lipinski definition) is 1. The summed E-state index contributed by atoms with van der Waals surface area (Å²) in [5, 5.41) is 20.3. The van der Waals surface area contributed by atoms with Crippen LogP contribution in [0, 0.1) is 19.7 Å². The number of nitrogens with zero attached hydrogens (tertiary/aromatic N) is 3. The molecule has 6 rings (SSSR count). The van der Waals surface area contributed by atoms with Gasteiger partial charge in [0, 0.05) is 11.3 Å². The maximum atomic E-state index is 14.2. The lowest BCUT2D eigenvalue weighted by molar-refractivity contribution is -0.132. The van der Waals surface area contributed by atoms with Crippen LogP contribution in [0.4, 0.5) is 9.52 Å². The second kappa shape index (κ2) is 13.1. The molecule has 45 heavy (non-hydrogen) atoms. The fourth-order valence-electron chi connectivity index (χ4n) is 5.08. The largest absolute Gasteiger partial charge is 0.507 e. The van der Waals surface area contributed by atoms with E-state index in [1.54, 1.807) is 48.5 Å². The van der Waals surface area contributed by atoms with Gasteiger partial charge in [0.05, 0.1) is 11.6 Å². The van der Waals surface area contributed by atoms with Gasteiger partial charge < -0.3 is 9.84 Å². The van der Waals surface area contributed by atoms with Crippen molar-refractivity contribution in [2.24, 2.45) is 0 Å². The number of aromatic nitrogens is 2. The summed E-state index contributed by atoms with van der Waals surface area (Å²) in [4.78, 5) is 28.6. The zero-order valence-corrected chi connectivity index (χ0v) is 26.1. The van der Waals surface area contributed by atoms with Crippen LogP contribution >= 0.6 is 23.1 Å². The van der Waals surface area contributed by atoms with E-state index in [0.717, 1.165) is 28.0 Å². The monoisotopic (exact) mass is 637 g/mol. The molecule has 5 aromatic rings. The summed E-state index contributed by atoms with van der Waals surface area (Å²) in [5.41, 5.74) is 4.21. The number of rotatable bonds is 9. The van der Waals surface area contributed by atoms with Gasteiger partial charge in [0.1, 0.15) is 23.9 Å². The Morgan fingerprint density at radius 3 is 2.44 bits per heavy atom. The lowest BCUT2D eigenvalue weighted by atomic mass is 9.93. The van der Waals surface area contributed by atoms with Crippen LogP contribution in [0.2, 0.25) is 0 Å². The summed E-state index contributed by atoms with van der Waals surface area (Å²) in [6.07, 6.45) is 0. The number of Topliss-reactive ketones (excluding diaryl/α,β-unsaturated/α-hetero) is 1. The second-order valence-corrected chi connectivity index (χ2v) is 12.7. The predicted molar refractivity (Wildman–Crippen MR) is 174 cm³/mol. The van der Waals surface area contributed by atoms with Gasteiger partial charge in [-0.2, -0.15) is 0 Å². The molecule has 0 spiro atoms. The highest BCUT2D eigenvalue weighted by Crippen LogP contribution is 2.44. The van der Waals surface area contributed by atoms with E-state index in [1.165, 1.54) is 22.7 Å². The third-order valence-corrected chi connectivity index (χ3v) is 9.55. The fraction of sp³-hybridized carbons (Fsp3) is 0.143. The molecule has 10 heteroatoms. The maximum Gasteiger partial charge on any atom is 0.301 e. The zero-order chi connectivity index (χ0) is 31.5. The summed E-state index contributed by atoms with van der Waals surface area (Å²) < 4.78 is 20.6. The molecule has 0 saturated carbocycles. The molecule has 1 amide bonds. The van der Waals surface area contributed by atoms with Gasteiger partial charge in [0.25, 0.3) is 5.78 Å². The first-order valence-electron chi connectivity index (χ1n) is 14.1. The molecule has 1 aliphatic rings. The molecular formula is C35H28FN3O4S2. The van der Waals surface area contributed by atoms with E-state index in [9.17, 15) is 19.1 Å². The molecule has 0 bridgehead atoms. The van der Waals surface area contributed by atoms with E-state index in [4.69, 9.17) is 4.74 Å². The molecule has 2 heterocycles. The van der Waals surface area contributed by atoms with Crippen LogP contribution in [-0.4, -0.2) is 27.0 Å². The number of benzene rings is 4. The zero-order valence-electron chi connectivity index (χ0n) is 24.4. The van der Waals surface area contributed by atoms with Crippen molar-refractivity contribution >= 4 is 45.7 Å². The molecule has 1 saturated heterocycles. The van der Waals surface area contributed by atoms with Gasteiger partial charge in [-0.3, -0.25) is 14.5 Å². The number of ketones is 1. The van der Waals surface area contributed by atoms with Crippen LogP contribution in [0.5, 0.6) is 5.75 Å². The van der Waals surface area contributed by atoms with Crippen LogP contribution in [0.3, 0.4) is 0 Å². The third kappa shape index (κ3) is 6.38. The first kappa shape index (κ1) is 30.2. The minimum Gasteiger partial charge on any atom is -0.507 e. The first-order chi connectivity index (χ1) is 21.8. The van der Waals surface area contributed by atoms with Crippen molar-refractivity contribution in [3.63, 3.8) is 0 Å². The molecule has 1 aliphatic heterocycles.